The van der Waals surface area contributed by atoms with E-state index in [9.17, 15) is 0 Å². The number of hydrogen-bond donors (Lipinski definition) is 0. The SMILES string of the molecule is c1ccc(-c2nc(-c3ccccc3)nc(-c3ccc(-n4c5cccc6c5c5c7c(cccc7c(-c7ccccc7)cc54)-c4ccccc4-6)cc3)n2)cc1. The molecule has 1 aliphatic rings. The highest BCUT2D eigenvalue weighted by Crippen LogP contribution is 2.51. The van der Waals surface area contributed by atoms with Gasteiger partial charge in [0, 0.05) is 38.5 Å². The Morgan fingerprint density at radius 1 is 0.302 bits per heavy atom. The fourth-order valence-corrected chi connectivity index (χ4v) is 8.24. The Hall–Kier alpha value is -7.17. The Balaban J connectivity index is 1.16. The minimum Gasteiger partial charge on any atom is -0.309 e. The molecule has 246 valence electrons. The first-order valence-corrected chi connectivity index (χ1v) is 18.0. The van der Waals surface area contributed by atoms with E-state index in [2.05, 4.69) is 126 Å². The molecule has 2 heterocycles. The largest absolute Gasteiger partial charge is 0.309 e. The second-order valence-electron chi connectivity index (χ2n) is 13.6. The monoisotopic (exact) mass is 674 g/mol. The highest BCUT2D eigenvalue weighted by atomic mass is 15.0. The third-order valence-electron chi connectivity index (χ3n) is 10.6. The summed E-state index contributed by atoms with van der Waals surface area (Å²) in [5.41, 5.74) is 13.8. The summed E-state index contributed by atoms with van der Waals surface area (Å²) in [6, 6.07) is 64.5. The number of fused-ring (bicyclic) bond motifs is 3. The van der Waals surface area contributed by atoms with Crippen LogP contribution in [0.15, 0.2) is 182 Å². The third kappa shape index (κ3) is 4.59. The van der Waals surface area contributed by atoms with Crippen LogP contribution < -0.4 is 0 Å². The Kier molecular flexibility index (Phi) is 6.52. The molecule has 8 aromatic carbocycles. The van der Waals surface area contributed by atoms with Crippen molar-refractivity contribution < 1.29 is 0 Å². The van der Waals surface area contributed by atoms with Crippen LogP contribution in [0.1, 0.15) is 0 Å². The summed E-state index contributed by atoms with van der Waals surface area (Å²) < 4.78 is 2.44. The molecule has 0 bridgehead atoms. The number of aromatic nitrogens is 4. The van der Waals surface area contributed by atoms with Crippen molar-refractivity contribution >= 4 is 32.6 Å². The zero-order valence-electron chi connectivity index (χ0n) is 28.6. The molecular formula is C49H30N4. The highest BCUT2D eigenvalue weighted by Gasteiger charge is 2.26. The zero-order chi connectivity index (χ0) is 34.9. The van der Waals surface area contributed by atoms with Gasteiger partial charge in [0.05, 0.1) is 11.0 Å². The van der Waals surface area contributed by atoms with E-state index in [-0.39, 0.29) is 0 Å². The fraction of sp³-hybridized carbons (Fsp3) is 0. The third-order valence-corrected chi connectivity index (χ3v) is 10.6. The van der Waals surface area contributed by atoms with E-state index in [1.807, 2.05) is 60.7 Å². The Labute approximate surface area is 306 Å². The van der Waals surface area contributed by atoms with Crippen LogP contribution in [0.25, 0.3) is 106 Å². The van der Waals surface area contributed by atoms with Crippen molar-refractivity contribution in [3.05, 3.63) is 182 Å². The van der Waals surface area contributed by atoms with Crippen molar-refractivity contribution in [1.29, 1.82) is 0 Å². The van der Waals surface area contributed by atoms with Gasteiger partial charge in [-0.15, -0.1) is 0 Å². The van der Waals surface area contributed by atoms with E-state index in [1.165, 1.54) is 66.0 Å². The van der Waals surface area contributed by atoms with Gasteiger partial charge in [0.25, 0.3) is 0 Å². The van der Waals surface area contributed by atoms with Gasteiger partial charge in [-0.25, -0.2) is 15.0 Å². The van der Waals surface area contributed by atoms with Crippen molar-refractivity contribution in [3.63, 3.8) is 0 Å². The van der Waals surface area contributed by atoms with E-state index in [0.717, 1.165) is 22.4 Å². The van der Waals surface area contributed by atoms with Gasteiger partial charge in [0.1, 0.15) is 0 Å². The fourth-order valence-electron chi connectivity index (χ4n) is 8.24. The summed E-state index contributed by atoms with van der Waals surface area (Å²) in [5, 5.41) is 5.14. The molecule has 0 unspecified atom stereocenters. The quantitative estimate of drug-likeness (QED) is 0.182. The van der Waals surface area contributed by atoms with Gasteiger partial charge in [-0.1, -0.05) is 146 Å². The van der Waals surface area contributed by atoms with Gasteiger partial charge in [-0.2, -0.15) is 0 Å². The molecule has 53 heavy (non-hydrogen) atoms. The summed E-state index contributed by atoms with van der Waals surface area (Å²) in [6.07, 6.45) is 0. The highest BCUT2D eigenvalue weighted by molar-refractivity contribution is 6.32. The maximum absolute atomic E-state index is 4.99. The molecule has 0 fully saturated rings. The van der Waals surface area contributed by atoms with Gasteiger partial charge in [-0.3, -0.25) is 0 Å². The van der Waals surface area contributed by atoms with Crippen molar-refractivity contribution in [2.24, 2.45) is 0 Å². The summed E-state index contributed by atoms with van der Waals surface area (Å²) in [5.74, 6) is 1.94. The van der Waals surface area contributed by atoms with Crippen LogP contribution in [0.5, 0.6) is 0 Å². The molecule has 2 aromatic heterocycles. The van der Waals surface area contributed by atoms with Gasteiger partial charge in [0.15, 0.2) is 17.5 Å². The molecule has 0 N–H and O–H groups in total. The van der Waals surface area contributed by atoms with E-state index in [4.69, 9.17) is 15.0 Å². The molecule has 4 heteroatoms. The number of rotatable bonds is 5. The predicted molar refractivity (Wildman–Crippen MR) is 218 cm³/mol. The standard InChI is InChI=1S/C49H30N4/c1-4-14-31(15-5-1)41-30-43-46-44-38(22-12-23-40(41)44)36-20-10-11-21-37(36)39-24-13-25-42(45(39)46)53(43)35-28-26-34(27-29-35)49-51-47(32-16-6-2-7-17-32)50-48(52-49)33-18-8-3-9-19-33/h1-30H. The van der Waals surface area contributed by atoms with E-state index < -0.39 is 0 Å². The van der Waals surface area contributed by atoms with Crippen molar-refractivity contribution in [3.8, 4) is 73.2 Å². The minimum absolute atomic E-state index is 0.641. The Morgan fingerprint density at radius 3 is 1.36 bits per heavy atom. The molecule has 1 aliphatic carbocycles. The van der Waals surface area contributed by atoms with Gasteiger partial charge in [-0.05, 0) is 75.2 Å². The predicted octanol–water partition coefficient (Wildman–Crippen LogP) is 12.4. The molecule has 0 radical (unpaired) electrons. The molecule has 10 aromatic rings. The smallest absolute Gasteiger partial charge is 0.164 e. The lowest BCUT2D eigenvalue weighted by Gasteiger charge is -2.16. The molecule has 0 spiro atoms. The van der Waals surface area contributed by atoms with Crippen LogP contribution in [0.4, 0.5) is 0 Å². The van der Waals surface area contributed by atoms with Crippen LogP contribution in [0.2, 0.25) is 0 Å². The van der Waals surface area contributed by atoms with Gasteiger partial charge in [0.2, 0.25) is 0 Å². The van der Waals surface area contributed by atoms with Crippen LogP contribution in [-0.2, 0) is 0 Å². The number of nitrogens with zero attached hydrogens (tertiary/aromatic N) is 4. The first-order chi connectivity index (χ1) is 26.3. The number of hydrogen-bond acceptors (Lipinski definition) is 3. The maximum atomic E-state index is 4.99. The van der Waals surface area contributed by atoms with Crippen molar-refractivity contribution in [1.82, 2.24) is 19.5 Å². The van der Waals surface area contributed by atoms with Crippen molar-refractivity contribution in [2.45, 2.75) is 0 Å². The molecular weight excluding hydrogens is 645 g/mol. The second kappa shape index (κ2) is 11.7. The molecule has 0 saturated carbocycles. The summed E-state index contributed by atoms with van der Waals surface area (Å²) in [4.78, 5) is 14.9. The van der Waals surface area contributed by atoms with Crippen LogP contribution in [0.3, 0.4) is 0 Å². The average Bonchev–Trinajstić information content (AvgIpc) is 3.52. The maximum Gasteiger partial charge on any atom is 0.164 e. The molecule has 11 rings (SSSR count). The lowest BCUT2D eigenvalue weighted by molar-refractivity contribution is 1.07. The second-order valence-corrected chi connectivity index (χ2v) is 13.6. The van der Waals surface area contributed by atoms with Crippen LogP contribution in [0, 0.1) is 0 Å². The first-order valence-electron chi connectivity index (χ1n) is 18.0. The van der Waals surface area contributed by atoms with Gasteiger partial charge < -0.3 is 4.57 Å². The lowest BCUT2D eigenvalue weighted by Crippen LogP contribution is -2.00. The van der Waals surface area contributed by atoms with Crippen LogP contribution in [-0.4, -0.2) is 19.5 Å². The summed E-state index contributed by atoms with van der Waals surface area (Å²) in [6.45, 7) is 0. The van der Waals surface area contributed by atoms with E-state index in [0.29, 0.717) is 17.5 Å². The zero-order valence-corrected chi connectivity index (χ0v) is 28.6. The molecule has 0 amide bonds. The van der Waals surface area contributed by atoms with E-state index in [1.54, 1.807) is 0 Å². The molecule has 0 aliphatic heterocycles. The first kappa shape index (κ1) is 29.5. The number of benzene rings is 8. The van der Waals surface area contributed by atoms with Crippen LogP contribution >= 0.6 is 0 Å². The topological polar surface area (TPSA) is 43.6 Å². The van der Waals surface area contributed by atoms with E-state index >= 15 is 0 Å². The van der Waals surface area contributed by atoms with Crippen molar-refractivity contribution in [2.75, 3.05) is 0 Å². The summed E-state index contributed by atoms with van der Waals surface area (Å²) in [7, 11) is 0. The molecule has 4 nitrogen and oxygen atoms in total. The summed E-state index contributed by atoms with van der Waals surface area (Å²) >= 11 is 0. The average molecular weight is 675 g/mol. The Bertz CT molecular complexity index is 2960. The molecule has 0 saturated heterocycles. The minimum atomic E-state index is 0.641. The van der Waals surface area contributed by atoms with Gasteiger partial charge >= 0.3 is 0 Å². The molecule has 0 atom stereocenters. The Morgan fingerprint density at radius 2 is 0.774 bits per heavy atom. The normalized spacial score (nSPS) is 11.8. The lowest BCUT2D eigenvalue weighted by atomic mass is 9.90.